The highest BCUT2D eigenvalue weighted by atomic mass is 28.4. The minimum absolute atomic E-state index is 0.376. The first-order chi connectivity index (χ1) is 20.4. The third-order valence-electron chi connectivity index (χ3n) is 6.27. The van der Waals surface area contributed by atoms with E-state index in [4.69, 9.17) is 22.8 Å². The Balaban J connectivity index is 1.55. The summed E-state index contributed by atoms with van der Waals surface area (Å²) in [7, 11) is -1.32. The van der Waals surface area contributed by atoms with Crippen LogP contribution in [0.4, 0.5) is 4.79 Å². The molecule has 2 rings (SSSR count). The van der Waals surface area contributed by atoms with Crippen molar-refractivity contribution in [2.75, 3.05) is 46.7 Å². The third kappa shape index (κ3) is 13.7. The first-order valence-corrected chi connectivity index (χ1v) is 16.8. The Morgan fingerprint density at radius 1 is 0.762 bits per heavy atom. The number of carbonyl (C=O) groups is 2. The molecule has 1 N–H and O–H groups in total. The van der Waals surface area contributed by atoms with Crippen LogP contribution in [-0.4, -0.2) is 67.6 Å². The van der Waals surface area contributed by atoms with Crippen molar-refractivity contribution in [1.82, 2.24) is 5.32 Å². The Morgan fingerprint density at radius 2 is 1.33 bits per heavy atom. The molecule has 0 spiro atoms. The van der Waals surface area contributed by atoms with Crippen LogP contribution in [-0.2, 0) is 27.5 Å². The van der Waals surface area contributed by atoms with Crippen molar-refractivity contribution in [3.05, 3.63) is 60.2 Å². The van der Waals surface area contributed by atoms with Crippen molar-refractivity contribution in [1.29, 1.82) is 0 Å². The molecular formula is C32H47NO8Si. The fourth-order valence-electron chi connectivity index (χ4n) is 4.22. The molecule has 0 heterocycles. The van der Waals surface area contributed by atoms with Gasteiger partial charge in [-0.1, -0.05) is 36.4 Å². The number of ether oxygens (including phenoxy) is 3. The maximum absolute atomic E-state index is 12.0. The zero-order valence-corrected chi connectivity index (χ0v) is 26.5. The van der Waals surface area contributed by atoms with E-state index in [0.717, 1.165) is 48.1 Å². The van der Waals surface area contributed by atoms with E-state index in [9.17, 15) is 9.59 Å². The quantitative estimate of drug-likeness (QED) is 0.0735. The van der Waals surface area contributed by atoms with E-state index in [1.54, 1.807) is 6.08 Å². The molecule has 0 aromatic heterocycles. The lowest BCUT2D eigenvalue weighted by atomic mass is 10.0. The van der Waals surface area contributed by atoms with Crippen LogP contribution in [0, 0.1) is 0 Å². The van der Waals surface area contributed by atoms with Crippen LogP contribution in [0.15, 0.2) is 54.6 Å². The summed E-state index contributed by atoms with van der Waals surface area (Å²) in [5, 5.41) is 2.79. The minimum atomic E-state index is -2.68. The van der Waals surface area contributed by atoms with Crippen molar-refractivity contribution in [2.45, 2.75) is 58.9 Å². The molecule has 9 nitrogen and oxygen atoms in total. The lowest BCUT2D eigenvalue weighted by molar-refractivity contribution is -0.134. The number of alkyl carbamates (subject to hydrolysis) is 1. The average Bonchev–Trinajstić information content (AvgIpc) is 3.00. The average molecular weight is 602 g/mol. The highest BCUT2D eigenvalue weighted by Crippen LogP contribution is 2.23. The normalized spacial score (nSPS) is 11.4. The molecule has 10 heteroatoms. The van der Waals surface area contributed by atoms with Gasteiger partial charge in [0.2, 0.25) is 0 Å². The standard InChI is InChI=1S/C32H47NO8Si/c1-5-39-42(40-6-2,41-7-3)26-12-23-33-32(35)38-25-11-9-8-10-24-37-30-20-18-29(19-21-30)28-16-13-27(14-17-28)15-22-31(34)36-4/h13-22H,5-12,23-26H2,1-4H3,(H,33,35). The smallest absolute Gasteiger partial charge is 0.494 e. The maximum atomic E-state index is 12.0. The van der Waals surface area contributed by atoms with Gasteiger partial charge in [-0.25, -0.2) is 9.59 Å². The number of esters is 1. The number of carbonyl (C=O) groups excluding carboxylic acids is 2. The lowest BCUT2D eigenvalue weighted by Gasteiger charge is -2.28. The van der Waals surface area contributed by atoms with Gasteiger partial charge in [-0.15, -0.1) is 0 Å². The molecule has 2 aromatic carbocycles. The monoisotopic (exact) mass is 601 g/mol. The van der Waals surface area contributed by atoms with Crippen LogP contribution >= 0.6 is 0 Å². The van der Waals surface area contributed by atoms with Crippen molar-refractivity contribution >= 4 is 26.9 Å². The second kappa shape index (κ2) is 20.7. The molecule has 0 saturated carbocycles. The summed E-state index contributed by atoms with van der Waals surface area (Å²) in [4.78, 5) is 23.2. The summed E-state index contributed by atoms with van der Waals surface area (Å²) < 4.78 is 33.3. The molecule has 2 aromatic rings. The molecule has 0 unspecified atom stereocenters. The SMILES string of the molecule is CCO[Si](CCCNC(=O)OCCCCCCOc1ccc(-c2ccc(C=CC(=O)OC)cc2)cc1)(OCC)OCC. The topological polar surface area (TPSA) is 102 Å². The predicted molar refractivity (Wildman–Crippen MR) is 166 cm³/mol. The van der Waals surface area contributed by atoms with Crippen molar-refractivity contribution in [2.24, 2.45) is 0 Å². The Kier molecular flexibility index (Phi) is 17.2. The molecule has 232 valence electrons. The molecule has 0 radical (unpaired) electrons. The number of nitrogens with one attached hydrogen (secondary N) is 1. The minimum Gasteiger partial charge on any atom is -0.494 e. The summed E-state index contributed by atoms with van der Waals surface area (Å²) in [6.45, 7) is 8.93. The van der Waals surface area contributed by atoms with Crippen LogP contribution < -0.4 is 10.1 Å². The van der Waals surface area contributed by atoms with E-state index in [0.29, 0.717) is 52.0 Å². The molecule has 0 atom stereocenters. The van der Waals surface area contributed by atoms with Gasteiger partial charge in [-0.3, -0.25) is 0 Å². The molecule has 1 amide bonds. The van der Waals surface area contributed by atoms with E-state index in [1.807, 2.05) is 69.3 Å². The lowest BCUT2D eigenvalue weighted by Crippen LogP contribution is -2.46. The fourth-order valence-corrected chi connectivity index (χ4v) is 6.84. The summed E-state index contributed by atoms with van der Waals surface area (Å²) in [6.07, 6.45) is 7.14. The predicted octanol–water partition coefficient (Wildman–Crippen LogP) is 6.64. The van der Waals surface area contributed by atoms with E-state index < -0.39 is 14.9 Å². The van der Waals surface area contributed by atoms with Crippen molar-refractivity contribution in [3.8, 4) is 16.9 Å². The number of unbranched alkanes of at least 4 members (excludes halogenated alkanes) is 3. The van der Waals surface area contributed by atoms with Gasteiger partial charge in [-0.05, 0) is 87.8 Å². The Bertz CT molecular complexity index is 1040. The fraction of sp³-hybridized carbons (Fsp3) is 0.500. The van der Waals surface area contributed by atoms with Crippen LogP contribution in [0.2, 0.25) is 6.04 Å². The van der Waals surface area contributed by atoms with Gasteiger partial charge in [0.25, 0.3) is 0 Å². The van der Waals surface area contributed by atoms with Gasteiger partial charge in [0.1, 0.15) is 5.75 Å². The number of rotatable bonds is 21. The Labute approximate surface area is 251 Å². The van der Waals surface area contributed by atoms with Crippen LogP contribution in [0.1, 0.15) is 58.4 Å². The highest BCUT2D eigenvalue weighted by Gasteiger charge is 2.39. The third-order valence-corrected chi connectivity index (χ3v) is 9.43. The summed E-state index contributed by atoms with van der Waals surface area (Å²) in [5.74, 6) is 0.457. The second-order valence-electron chi connectivity index (χ2n) is 9.41. The maximum Gasteiger partial charge on any atom is 0.500 e. The van der Waals surface area contributed by atoms with Crippen molar-refractivity contribution in [3.63, 3.8) is 0 Å². The summed E-state index contributed by atoms with van der Waals surface area (Å²) in [6, 6.07) is 16.6. The molecule has 42 heavy (non-hydrogen) atoms. The Morgan fingerprint density at radius 3 is 1.90 bits per heavy atom. The zero-order chi connectivity index (χ0) is 30.5. The number of hydrogen-bond donors (Lipinski definition) is 1. The van der Waals surface area contributed by atoms with Gasteiger partial charge in [0.15, 0.2) is 0 Å². The zero-order valence-electron chi connectivity index (χ0n) is 25.5. The molecule has 0 aliphatic rings. The molecule has 0 bridgehead atoms. The first-order valence-electron chi connectivity index (χ1n) is 14.9. The van der Waals surface area contributed by atoms with Gasteiger partial charge in [-0.2, -0.15) is 0 Å². The number of hydrogen-bond acceptors (Lipinski definition) is 8. The first kappa shape index (κ1) is 35.0. The largest absolute Gasteiger partial charge is 0.500 e. The van der Waals surface area contributed by atoms with Crippen LogP contribution in [0.3, 0.4) is 0 Å². The highest BCUT2D eigenvalue weighted by molar-refractivity contribution is 6.60. The van der Waals surface area contributed by atoms with E-state index >= 15 is 0 Å². The van der Waals surface area contributed by atoms with Gasteiger partial charge in [0, 0.05) is 38.5 Å². The van der Waals surface area contributed by atoms with E-state index in [-0.39, 0.29) is 5.97 Å². The van der Waals surface area contributed by atoms with Gasteiger partial charge < -0.3 is 32.8 Å². The van der Waals surface area contributed by atoms with Crippen LogP contribution in [0.25, 0.3) is 17.2 Å². The summed E-state index contributed by atoms with van der Waals surface area (Å²) in [5.41, 5.74) is 3.10. The molecular weight excluding hydrogens is 554 g/mol. The number of methoxy groups -OCH3 is 1. The molecule has 0 saturated heterocycles. The number of benzene rings is 2. The van der Waals surface area contributed by atoms with Gasteiger partial charge >= 0.3 is 20.9 Å². The number of amides is 1. The molecule has 0 aliphatic carbocycles. The summed E-state index contributed by atoms with van der Waals surface area (Å²) >= 11 is 0. The van der Waals surface area contributed by atoms with Crippen molar-refractivity contribution < 1.29 is 37.1 Å². The van der Waals surface area contributed by atoms with Gasteiger partial charge in [0.05, 0.1) is 20.3 Å². The molecule has 0 fully saturated rings. The van der Waals surface area contributed by atoms with E-state index in [2.05, 4.69) is 10.1 Å². The Hall–Kier alpha value is -3.18. The van der Waals surface area contributed by atoms with Crippen LogP contribution in [0.5, 0.6) is 5.75 Å². The van der Waals surface area contributed by atoms with E-state index in [1.165, 1.54) is 13.2 Å². The molecule has 0 aliphatic heterocycles. The second-order valence-corrected chi connectivity index (χ2v) is 12.1.